The highest BCUT2D eigenvalue weighted by atomic mass is 15.2. The van der Waals surface area contributed by atoms with E-state index in [2.05, 4.69) is 32.6 Å². The fourth-order valence-electron chi connectivity index (χ4n) is 3.52. The molecule has 2 nitrogen and oxygen atoms in total. The predicted molar refractivity (Wildman–Crippen MR) is 85.4 cm³/mol. The summed E-state index contributed by atoms with van der Waals surface area (Å²) in [7, 11) is 0. The third kappa shape index (κ3) is 5.43. The Morgan fingerprint density at radius 2 is 1.68 bits per heavy atom. The lowest BCUT2D eigenvalue weighted by molar-refractivity contribution is 0.0829. The Bertz CT molecular complexity index is 221. The van der Waals surface area contributed by atoms with Gasteiger partial charge in [-0.05, 0) is 57.4 Å². The zero-order chi connectivity index (χ0) is 14.3. The van der Waals surface area contributed by atoms with Gasteiger partial charge in [-0.2, -0.15) is 0 Å². The Labute approximate surface area is 121 Å². The molecule has 0 amide bonds. The minimum atomic E-state index is 0.467. The van der Waals surface area contributed by atoms with Gasteiger partial charge in [0.15, 0.2) is 0 Å². The zero-order valence-electron chi connectivity index (χ0n) is 13.7. The van der Waals surface area contributed by atoms with Crippen molar-refractivity contribution in [2.45, 2.75) is 97.2 Å². The molecule has 2 atom stereocenters. The second kappa shape index (κ2) is 8.97. The smallest absolute Gasteiger partial charge is 0.00993 e. The van der Waals surface area contributed by atoms with Crippen molar-refractivity contribution in [3.8, 4) is 0 Å². The number of nitrogens with zero attached hydrogens (tertiary/aromatic N) is 1. The topological polar surface area (TPSA) is 29.3 Å². The van der Waals surface area contributed by atoms with Crippen molar-refractivity contribution < 1.29 is 0 Å². The first-order valence-corrected chi connectivity index (χ1v) is 8.63. The summed E-state index contributed by atoms with van der Waals surface area (Å²) < 4.78 is 0. The maximum atomic E-state index is 6.06. The SMILES string of the molecule is CCCN(C1CCC(N)CC1)C(CC)CC(C)CC. The minimum Gasteiger partial charge on any atom is -0.328 e. The van der Waals surface area contributed by atoms with E-state index in [0.29, 0.717) is 6.04 Å². The van der Waals surface area contributed by atoms with Gasteiger partial charge < -0.3 is 5.73 Å². The van der Waals surface area contributed by atoms with Crippen LogP contribution in [0.25, 0.3) is 0 Å². The molecule has 0 aromatic heterocycles. The molecule has 0 aliphatic heterocycles. The number of hydrogen-bond acceptors (Lipinski definition) is 2. The standard InChI is InChI=1S/C17H36N2/c1-5-12-19(16(7-3)13-14(4)6-2)17-10-8-15(18)9-11-17/h14-17H,5-13,18H2,1-4H3. The molecule has 0 radical (unpaired) electrons. The Morgan fingerprint density at radius 1 is 1.05 bits per heavy atom. The van der Waals surface area contributed by atoms with Crippen molar-refractivity contribution in [1.82, 2.24) is 4.90 Å². The van der Waals surface area contributed by atoms with Crippen LogP contribution in [-0.2, 0) is 0 Å². The summed E-state index contributed by atoms with van der Waals surface area (Å²) in [4.78, 5) is 2.83. The molecule has 114 valence electrons. The van der Waals surface area contributed by atoms with Crippen LogP contribution in [0.2, 0.25) is 0 Å². The van der Waals surface area contributed by atoms with E-state index >= 15 is 0 Å². The van der Waals surface area contributed by atoms with Crippen molar-refractivity contribution in [3.63, 3.8) is 0 Å². The average Bonchev–Trinajstić information content (AvgIpc) is 2.43. The fourth-order valence-corrected chi connectivity index (χ4v) is 3.52. The minimum absolute atomic E-state index is 0.467. The molecule has 0 aromatic carbocycles. The lowest BCUT2D eigenvalue weighted by Crippen LogP contribution is -2.47. The number of rotatable bonds is 8. The molecule has 1 rings (SSSR count). The Hall–Kier alpha value is -0.0800. The van der Waals surface area contributed by atoms with E-state index in [4.69, 9.17) is 5.73 Å². The van der Waals surface area contributed by atoms with Crippen molar-refractivity contribution in [2.75, 3.05) is 6.54 Å². The summed E-state index contributed by atoms with van der Waals surface area (Å²) in [5, 5.41) is 0. The van der Waals surface area contributed by atoms with Gasteiger partial charge in [0.1, 0.15) is 0 Å². The Balaban J connectivity index is 2.62. The summed E-state index contributed by atoms with van der Waals surface area (Å²) in [6, 6.07) is 2.05. The van der Waals surface area contributed by atoms with Crippen LogP contribution in [0.1, 0.15) is 79.1 Å². The third-order valence-electron chi connectivity index (χ3n) is 5.00. The monoisotopic (exact) mass is 268 g/mol. The largest absolute Gasteiger partial charge is 0.328 e. The molecule has 2 unspecified atom stereocenters. The lowest BCUT2D eigenvalue weighted by atomic mass is 9.88. The molecule has 1 saturated carbocycles. The molecular weight excluding hydrogens is 232 g/mol. The summed E-state index contributed by atoms with van der Waals surface area (Å²) >= 11 is 0. The molecular formula is C17H36N2. The van der Waals surface area contributed by atoms with Crippen LogP contribution in [0, 0.1) is 5.92 Å². The molecule has 2 N–H and O–H groups in total. The zero-order valence-corrected chi connectivity index (χ0v) is 13.7. The van der Waals surface area contributed by atoms with E-state index in [-0.39, 0.29) is 0 Å². The van der Waals surface area contributed by atoms with Gasteiger partial charge in [-0.15, -0.1) is 0 Å². The van der Waals surface area contributed by atoms with E-state index < -0.39 is 0 Å². The van der Waals surface area contributed by atoms with Gasteiger partial charge in [0, 0.05) is 18.1 Å². The maximum Gasteiger partial charge on any atom is 0.00993 e. The van der Waals surface area contributed by atoms with Gasteiger partial charge in [0.25, 0.3) is 0 Å². The van der Waals surface area contributed by atoms with E-state index in [9.17, 15) is 0 Å². The van der Waals surface area contributed by atoms with Crippen LogP contribution in [0.5, 0.6) is 0 Å². The maximum absolute atomic E-state index is 6.06. The molecule has 1 fully saturated rings. The Morgan fingerprint density at radius 3 is 2.16 bits per heavy atom. The van der Waals surface area contributed by atoms with Crippen LogP contribution in [0.15, 0.2) is 0 Å². The average molecular weight is 268 g/mol. The van der Waals surface area contributed by atoms with Crippen LogP contribution < -0.4 is 5.73 Å². The summed E-state index contributed by atoms with van der Waals surface area (Å²) in [6.07, 6.45) is 10.3. The molecule has 0 heterocycles. The molecule has 1 aliphatic carbocycles. The first-order chi connectivity index (χ1) is 9.12. The highest BCUT2D eigenvalue weighted by Gasteiger charge is 2.28. The van der Waals surface area contributed by atoms with Gasteiger partial charge in [-0.25, -0.2) is 0 Å². The van der Waals surface area contributed by atoms with Gasteiger partial charge in [0.2, 0.25) is 0 Å². The van der Waals surface area contributed by atoms with Crippen LogP contribution in [0.4, 0.5) is 0 Å². The summed E-state index contributed by atoms with van der Waals surface area (Å²) in [5.41, 5.74) is 6.06. The number of nitrogens with two attached hydrogens (primary N) is 1. The van der Waals surface area contributed by atoms with Gasteiger partial charge in [0.05, 0.1) is 0 Å². The predicted octanol–water partition coefficient (Wildman–Crippen LogP) is 4.18. The molecule has 0 saturated heterocycles. The van der Waals surface area contributed by atoms with E-state index in [0.717, 1.165) is 18.0 Å². The first-order valence-electron chi connectivity index (χ1n) is 8.63. The second-order valence-corrected chi connectivity index (χ2v) is 6.62. The van der Waals surface area contributed by atoms with Crippen LogP contribution >= 0.6 is 0 Å². The van der Waals surface area contributed by atoms with Crippen molar-refractivity contribution in [3.05, 3.63) is 0 Å². The molecule has 1 aliphatic rings. The van der Waals surface area contributed by atoms with Crippen molar-refractivity contribution in [2.24, 2.45) is 11.7 Å². The number of hydrogen-bond donors (Lipinski definition) is 1. The van der Waals surface area contributed by atoms with E-state index in [1.165, 1.54) is 57.9 Å². The summed E-state index contributed by atoms with van der Waals surface area (Å²) in [6.45, 7) is 10.7. The summed E-state index contributed by atoms with van der Waals surface area (Å²) in [5.74, 6) is 0.857. The third-order valence-corrected chi connectivity index (χ3v) is 5.00. The van der Waals surface area contributed by atoms with Gasteiger partial charge in [-0.3, -0.25) is 4.90 Å². The van der Waals surface area contributed by atoms with E-state index in [1.807, 2.05) is 0 Å². The Kier molecular flexibility index (Phi) is 8.01. The van der Waals surface area contributed by atoms with Crippen LogP contribution in [-0.4, -0.2) is 29.6 Å². The molecule has 2 heteroatoms. The second-order valence-electron chi connectivity index (χ2n) is 6.62. The molecule has 19 heavy (non-hydrogen) atoms. The fraction of sp³-hybridized carbons (Fsp3) is 1.00. The van der Waals surface area contributed by atoms with Gasteiger partial charge >= 0.3 is 0 Å². The van der Waals surface area contributed by atoms with E-state index in [1.54, 1.807) is 0 Å². The first kappa shape index (κ1) is 17.0. The lowest BCUT2D eigenvalue weighted by Gasteiger charge is -2.41. The molecule has 0 spiro atoms. The van der Waals surface area contributed by atoms with Crippen molar-refractivity contribution in [1.29, 1.82) is 0 Å². The highest BCUT2D eigenvalue weighted by Crippen LogP contribution is 2.27. The normalized spacial score (nSPS) is 27.5. The van der Waals surface area contributed by atoms with Gasteiger partial charge in [-0.1, -0.05) is 34.1 Å². The molecule has 0 bridgehead atoms. The quantitative estimate of drug-likeness (QED) is 0.715. The highest BCUT2D eigenvalue weighted by molar-refractivity contribution is 4.85. The van der Waals surface area contributed by atoms with Crippen LogP contribution in [0.3, 0.4) is 0 Å². The molecule has 0 aromatic rings. The van der Waals surface area contributed by atoms with Crippen molar-refractivity contribution >= 4 is 0 Å².